The molecule has 9 heteroatoms. The molecule has 5 rings (SSSR count). The lowest BCUT2D eigenvalue weighted by Crippen LogP contribution is -2.51. The van der Waals surface area contributed by atoms with Gasteiger partial charge >= 0.3 is 0 Å². The molecule has 3 aromatic heterocycles. The highest BCUT2D eigenvalue weighted by molar-refractivity contribution is 7.22. The Balaban J connectivity index is 1.39. The van der Waals surface area contributed by atoms with Crippen LogP contribution in [0.25, 0.3) is 9.88 Å². The maximum absolute atomic E-state index is 12.6. The van der Waals surface area contributed by atoms with E-state index in [-0.39, 0.29) is 11.8 Å². The van der Waals surface area contributed by atoms with E-state index in [0.29, 0.717) is 36.5 Å². The van der Waals surface area contributed by atoms with E-state index in [1.165, 1.54) is 11.3 Å². The van der Waals surface area contributed by atoms with Crippen molar-refractivity contribution >= 4 is 34.5 Å². The van der Waals surface area contributed by atoms with Gasteiger partial charge in [0.25, 0.3) is 11.8 Å². The molecule has 2 aliphatic rings. The van der Waals surface area contributed by atoms with Gasteiger partial charge in [0.2, 0.25) is 0 Å². The Kier molecular flexibility index (Phi) is 3.70. The van der Waals surface area contributed by atoms with Crippen molar-refractivity contribution < 1.29 is 9.59 Å². The topological polar surface area (TPSA) is 80.1 Å². The Morgan fingerprint density at radius 2 is 2.11 bits per heavy atom. The molecule has 3 aromatic rings. The standard InChI is InChI=1S/C18H17N5O2S2/c1-22-7-4-11(21-22)17(25)23-8-5-18(6-9-23)14-13(15(24)20-18)27-16(19-14)12-3-2-10-26-12/h2-4,7,10H,5-6,8-9H2,1H3,(H,20,24). The summed E-state index contributed by atoms with van der Waals surface area (Å²) in [6, 6.07) is 5.75. The maximum Gasteiger partial charge on any atom is 0.274 e. The average Bonchev–Trinajstić information content (AvgIpc) is 3.42. The Morgan fingerprint density at radius 1 is 1.30 bits per heavy atom. The van der Waals surface area contributed by atoms with Gasteiger partial charge in [-0.1, -0.05) is 6.07 Å². The van der Waals surface area contributed by atoms with Gasteiger partial charge in [-0.15, -0.1) is 22.7 Å². The molecule has 0 saturated carbocycles. The van der Waals surface area contributed by atoms with Crippen molar-refractivity contribution in [3.05, 3.63) is 46.0 Å². The summed E-state index contributed by atoms with van der Waals surface area (Å²) in [6.45, 7) is 1.14. The van der Waals surface area contributed by atoms with E-state index in [0.717, 1.165) is 15.6 Å². The summed E-state index contributed by atoms with van der Waals surface area (Å²) in [6.07, 6.45) is 3.10. The number of piperidine rings is 1. The van der Waals surface area contributed by atoms with Crippen molar-refractivity contribution in [2.75, 3.05) is 13.1 Å². The maximum atomic E-state index is 12.6. The SMILES string of the molecule is Cn1ccc(C(=O)N2CCC3(CC2)NC(=O)c2sc(-c4cccs4)nc23)n1. The second-order valence-corrected chi connectivity index (χ2v) is 8.82. The first-order chi connectivity index (χ1) is 13.1. The van der Waals surface area contributed by atoms with Gasteiger partial charge in [0, 0.05) is 26.3 Å². The number of thiophene rings is 1. The van der Waals surface area contributed by atoms with Gasteiger partial charge in [0.05, 0.1) is 16.1 Å². The fourth-order valence-corrected chi connectivity index (χ4v) is 5.64. The first-order valence-corrected chi connectivity index (χ1v) is 10.4. The molecule has 2 amide bonds. The van der Waals surface area contributed by atoms with Gasteiger partial charge in [0.1, 0.15) is 15.6 Å². The predicted molar refractivity (Wildman–Crippen MR) is 103 cm³/mol. The van der Waals surface area contributed by atoms with Crippen molar-refractivity contribution in [2.45, 2.75) is 18.4 Å². The Morgan fingerprint density at radius 3 is 2.78 bits per heavy atom. The van der Waals surface area contributed by atoms with Gasteiger partial charge in [-0.3, -0.25) is 14.3 Å². The number of thiazole rings is 1. The summed E-state index contributed by atoms with van der Waals surface area (Å²) >= 11 is 3.08. The van der Waals surface area contributed by atoms with Crippen LogP contribution in [-0.4, -0.2) is 44.6 Å². The van der Waals surface area contributed by atoms with Crippen molar-refractivity contribution in [3.63, 3.8) is 0 Å². The third-order valence-corrected chi connectivity index (χ3v) is 7.30. The van der Waals surface area contributed by atoms with Crippen LogP contribution in [0.2, 0.25) is 0 Å². The van der Waals surface area contributed by atoms with Gasteiger partial charge in [-0.2, -0.15) is 5.10 Å². The lowest BCUT2D eigenvalue weighted by molar-refractivity contribution is 0.0626. The minimum atomic E-state index is -0.459. The molecular weight excluding hydrogens is 382 g/mol. The molecule has 1 N–H and O–H groups in total. The van der Waals surface area contributed by atoms with Crippen LogP contribution in [0.4, 0.5) is 0 Å². The second-order valence-electron chi connectivity index (χ2n) is 6.88. The summed E-state index contributed by atoms with van der Waals surface area (Å²) in [7, 11) is 1.80. The van der Waals surface area contributed by atoms with E-state index in [2.05, 4.69) is 10.4 Å². The van der Waals surface area contributed by atoms with Crippen LogP contribution in [0.5, 0.6) is 0 Å². The summed E-state index contributed by atoms with van der Waals surface area (Å²) < 4.78 is 1.63. The molecule has 0 atom stereocenters. The van der Waals surface area contributed by atoms with E-state index in [4.69, 9.17) is 4.98 Å². The van der Waals surface area contributed by atoms with Crippen LogP contribution < -0.4 is 5.32 Å². The molecule has 0 aromatic carbocycles. The lowest BCUT2D eigenvalue weighted by Gasteiger charge is -2.38. The van der Waals surface area contributed by atoms with Gasteiger partial charge in [0.15, 0.2) is 0 Å². The van der Waals surface area contributed by atoms with Crippen LogP contribution in [0.15, 0.2) is 29.8 Å². The predicted octanol–water partition coefficient (Wildman–Crippen LogP) is 2.48. The number of hydrogen-bond donors (Lipinski definition) is 1. The van der Waals surface area contributed by atoms with E-state index in [1.807, 2.05) is 22.4 Å². The number of fused-ring (bicyclic) bond motifs is 2. The summed E-state index contributed by atoms with van der Waals surface area (Å²) in [5.41, 5.74) is 0.850. The zero-order valence-corrected chi connectivity index (χ0v) is 16.3. The number of rotatable bonds is 2. The minimum Gasteiger partial charge on any atom is -0.340 e. The van der Waals surface area contributed by atoms with E-state index < -0.39 is 5.54 Å². The Bertz CT molecular complexity index is 1030. The zero-order chi connectivity index (χ0) is 18.6. The van der Waals surface area contributed by atoms with Gasteiger partial charge in [-0.05, 0) is 30.4 Å². The van der Waals surface area contributed by atoms with Crippen molar-refractivity contribution in [1.82, 2.24) is 25.0 Å². The number of carbonyl (C=O) groups excluding carboxylic acids is 2. The van der Waals surface area contributed by atoms with E-state index >= 15 is 0 Å². The molecule has 2 aliphatic heterocycles. The van der Waals surface area contributed by atoms with E-state index in [1.54, 1.807) is 35.3 Å². The second kappa shape index (κ2) is 6.00. The fraction of sp³-hybridized carbons (Fsp3) is 0.333. The molecule has 0 unspecified atom stereocenters. The fourth-order valence-electron chi connectivity index (χ4n) is 3.78. The molecule has 1 saturated heterocycles. The lowest BCUT2D eigenvalue weighted by atomic mass is 9.86. The van der Waals surface area contributed by atoms with Gasteiger partial charge < -0.3 is 10.2 Å². The normalized spacial score (nSPS) is 18.0. The molecule has 27 heavy (non-hydrogen) atoms. The molecule has 1 fully saturated rings. The minimum absolute atomic E-state index is 0.0465. The van der Waals surface area contributed by atoms with Gasteiger partial charge in [-0.25, -0.2) is 4.98 Å². The number of amides is 2. The first-order valence-electron chi connectivity index (χ1n) is 8.72. The van der Waals surface area contributed by atoms with Crippen LogP contribution >= 0.6 is 22.7 Å². The number of likely N-dealkylation sites (tertiary alicyclic amines) is 1. The molecule has 0 radical (unpaired) electrons. The Hall–Kier alpha value is -2.52. The highest BCUT2D eigenvalue weighted by Gasteiger charge is 2.48. The monoisotopic (exact) mass is 399 g/mol. The largest absolute Gasteiger partial charge is 0.340 e. The van der Waals surface area contributed by atoms with Crippen molar-refractivity contribution in [3.8, 4) is 9.88 Å². The highest BCUT2D eigenvalue weighted by Crippen LogP contribution is 2.44. The molecule has 0 bridgehead atoms. The molecular formula is C18H17N5O2S2. The third kappa shape index (κ3) is 2.61. The molecule has 7 nitrogen and oxygen atoms in total. The number of aryl methyl sites for hydroxylation is 1. The quantitative estimate of drug-likeness (QED) is 0.718. The number of hydrogen-bond acceptors (Lipinski definition) is 6. The first kappa shape index (κ1) is 16.6. The van der Waals surface area contributed by atoms with Crippen LogP contribution in [0.1, 0.15) is 38.7 Å². The number of carbonyl (C=O) groups is 2. The summed E-state index contributed by atoms with van der Waals surface area (Å²) in [5.74, 6) is -0.109. The van der Waals surface area contributed by atoms with Crippen LogP contribution in [-0.2, 0) is 12.6 Å². The molecule has 138 valence electrons. The number of nitrogens with one attached hydrogen (secondary N) is 1. The Labute approximate surface area is 163 Å². The van der Waals surface area contributed by atoms with Crippen molar-refractivity contribution in [2.24, 2.45) is 7.05 Å². The number of aromatic nitrogens is 3. The van der Waals surface area contributed by atoms with E-state index in [9.17, 15) is 9.59 Å². The third-order valence-electron chi connectivity index (χ3n) is 5.21. The average molecular weight is 400 g/mol. The zero-order valence-electron chi connectivity index (χ0n) is 14.6. The summed E-state index contributed by atoms with van der Waals surface area (Å²) in [4.78, 5) is 33.6. The van der Waals surface area contributed by atoms with Crippen LogP contribution in [0, 0.1) is 0 Å². The highest BCUT2D eigenvalue weighted by atomic mass is 32.1. The molecule has 5 heterocycles. The summed E-state index contributed by atoms with van der Waals surface area (Å²) in [5, 5.41) is 10.3. The molecule has 1 spiro atoms. The molecule has 0 aliphatic carbocycles. The smallest absolute Gasteiger partial charge is 0.274 e. The van der Waals surface area contributed by atoms with Crippen LogP contribution in [0.3, 0.4) is 0 Å². The number of nitrogens with zero attached hydrogens (tertiary/aromatic N) is 4. The van der Waals surface area contributed by atoms with Crippen molar-refractivity contribution in [1.29, 1.82) is 0 Å².